The minimum atomic E-state index is -1.18. The molecule has 0 aromatic heterocycles. The number of carboxylic acids is 1. The summed E-state index contributed by atoms with van der Waals surface area (Å²) in [6.07, 6.45) is -0.979. The Kier molecular flexibility index (Phi) is 6.34. The van der Waals surface area contributed by atoms with Gasteiger partial charge < -0.3 is 15.9 Å². The van der Waals surface area contributed by atoms with Crippen molar-refractivity contribution in [2.24, 2.45) is 5.73 Å². The Morgan fingerprint density at radius 2 is 2.00 bits per heavy atom. The monoisotopic (exact) mass is 183 g/mol. The Hall–Kier alpha value is 0.0134. The summed E-state index contributed by atoms with van der Waals surface area (Å²) < 4.78 is 0. The van der Waals surface area contributed by atoms with Crippen molar-refractivity contribution in [1.29, 1.82) is 0 Å². The van der Waals surface area contributed by atoms with Crippen LogP contribution in [0.3, 0.4) is 0 Å². The molecular formula is C4H9NO3Zn. The standard InChI is InChI=1S/C4H9NO3.Zn/c1-2(6)3(5)4(7)8;/h2-3,6H,5H2,1H3,(H,7,8);. The summed E-state index contributed by atoms with van der Waals surface area (Å²) in [4.78, 5) is 9.86. The van der Waals surface area contributed by atoms with Gasteiger partial charge in [-0.2, -0.15) is 0 Å². The summed E-state index contributed by atoms with van der Waals surface area (Å²) in [6, 6.07) is -1.16. The van der Waals surface area contributed by atoms with E-state index < -0.39 is 18.1 Å². The van der Waals surface area contributed by atoms with Crippen LogP contribution < -0.4 is 5.73 Å². The van der Waals surface area contributed by atoms with Gasteiger partial charge in [0.25, 0.3) is 0 Å². The second-order valence-corrected chi connectivity index (χ2v) is 1.60. The Morgan fingerprint density at radius 3 is 2.00 bits per heavy atom. The number of rotatable bonds is 2. The third kappa shape index (κ3) is 4.51. The molecule has 50 valence electrons. The number of aliphatic hydroxyl groups excluding tert-OH is 1. The number of aliphatic carboxylic acids is 1. The molecule has 0 fully saturated rings. The van der Waals surface area contributed by atoms with Crippen molar-refractivity contribution in [3.8, 4) is 0 Å². The van der Waals surface area contributed by atoms with Gasteiger partial charge in [-0.25, -0.2) is 0 Å². The number of hydrogen-bond acceptors (Lipinski definition) is 3. The molecule has 5 heteroatoms. The smallest absolute Gasteiger partial charge is 0.323 e. The second-order valence-electron chi connectivity index (χ2n) is 1.60. The maximum atomic E-state index is 9.86. The number of aliphatic hydroxyl groups is 1. The topological polar surface area (TPSA) is 83.5 Å². The van der Waals surface area contributed by atoms with E-state index in [1.54, 1.807) is 0 Å². The first-order valence-electron chi connectivity index (χ1n) is 2.22. The predicted molar refractivity (Wildman–Crippen MR) is 27.3 cm³/mol. The molecule has 0 amide bonds. The van der Waals surface area contributed by atoms with Crippen LogP contribution in [0.2, 0.25) is 0 Å². The van der Waals surface area contributed by atoms with Gasteiger partial charge in [-0.15, -0.1) is 0 Å². The van der Waals surface area contributed by atoms with Crippen LogP contribution in [0.25, 0.3) is 0 Å². The predicted octanol–water partition coefficient (Wildman–Crippen LogP) is -1.22. The van der Waals surface area contributed by atoms with Crippen LogP contribution in [0.5, 0.6) is 0 Å². The molecule has 4 nitrogen and oxygen atoms in total. The molecule has 0 rings (SSSR count). The molecule has 0 bridgehead atoms. The van der Waals surface area contributed by atoms with Gasteiger partial charge in [0.05, 0.1) is 6.10 Å². The molecule has 0 saturated carbocycles. The molecule has 2 unspecified atom stereocenters. The molecule has 0 saturated heterocycles. The first-order valence-corrected chi connectivity index (χ1v) is 2.22. The van der Waals surface area contributed by atoms with Crippen molar-refractivity contribution in [1.82, 2.24) is 0 Å². The average molecular weight is 185 g/mol. The van der Waals surface area contributed by atoms with E-state index >= 15 is 0 Å². The molecule has 4 N–H and O–H groups in total. The molecule has 9 heavy (non-hydrogen) atoms. The van der Waals surface area contributed by atoms with Gasteiger partial charge in [0.2, 0.25) is 0 Å². The SMILES string of the molecule is CC(O)C(N)C(=O)O.[Zn]. The Bertz CT molecular complexity index is 95.8. The fraction of sp³-hybridized carbons (Fsp3) is 0.750. The van der Waals surface area contributed by atoms with Crippen molar-refractivity contribution in [2.45, 2.75) is 19.1 Å². The quantitative estimate of drug-likeness (QED) is 0.470. The number of hydrogen-bond donors (Lipinski definition) is 3. The fourth-order valence-corrected chi connectivity index (χ4v) is 0.206. The van der Waals surface area contributed by atoms with E-state index in [0.29, 0.717) is 0 Å². The minimum Gasteiger partial charge on any atom is -0.480 e. The van der Waals surface area contributed by atoms with E-state index in [0.717, 1.165) is 0 Å². The van der Waals surface area contributed by atoms with Crippen LogP contribution in [0.4, 0.5) is 0 Å². The zero-order chi connectivity index (χ0) is 6.73. The molecular weight excluding hydrogens is 175 g/mol. The van der Waals surface area contributed by atoms with E-state index in [2.05, 4.69) is 0 Å². The molecule has 0 aromatic rings. The van der Waals surface area contributed by atoms with E-state index in [4.69, 9.17) is 15.9 Å². The molecule has 0 heterocycles. The summed E-state index contributed by atoms with van der Waals surface area (Å²) in [5.41, 5.74) is 4.91. The zero-order valence-corrected chi connectivity index (χ0v) is 8.21. The van der Waals surface area contributed by atoms with E-state index in [1.165, 1.54) is 6.92 Å². The average Bonchev–Trinajstić information content (AvgIpc) is 1.64. The molecule has 0 radical (unpaired) electrons. The van der Waals surface area contributed by atoms with Crippen LogP contribution in [-0.2, 0) is 24.3 Å². The van der Waals surface area contributed by atoms with Crippen molar-refractivity contribution in [3.05, 3.63) is 0 Å². The summed E-state index contributed by atoms with van der Waals surface area (Å²) in [5.74, 6) is -1.18. The minimum absolute atomic E-state index is 0. The van der Waals surface area contributed by atoms with Gasteiger partial charge in [-0.05, 0) is 6.92 Å². The molecule has 0 aliphatic heterocycles. The Balaban J connectivity index is 0. The van der Waals surface area contributed by atoms with Gasteiger partial charge >= 0.3 is 5.97 Å². The van der Waals surface area contributed by atoms with Gasteiger partial charge in [-0.1, -0.05) is 0 Å². The third-order valence-corrected chi connectivity index (χ3v) is 0.805. The van der Waals surface area contributed by atoms with E-state index in [1.807, 2.05) is 0 Å². The summed E-state index contributed by atoms with van der Waals surface area (Å²) in [7, 11) is 0. The second kappa shape index (κ2) is 4.85. The van der Waals surface area contributed by atoms with Gasteiger partial charge in [0, 0.05) is 19.5 Å². The summed E-state index contributed by atoms with van der Waals surface area (Å²) in [6.45, 7) is 1.33. The van der Waals surface area contributed by atoms with Crippen molar-refractivity contribution in [3.63, 3.8) is 0 Å². The Labute approximate surface area is 65.8 Å². The van der Waals surface area contributed by atoms with E-state index in [-0.39, 0.29) is 19.5 Å². The van der Waals surface area contributed by atoms with Crippen LogP contribution in [0.1, 0.15) is 6.92 Å². The third-order valence-electron chi connectivity index (χ3n) is 0.805. The normalized spacial score (nSPS) is 15.4. The molecule has 0 spiro atoms. The van der Waals surface area contributed by atoms with Crippen molar-refractivity contribution < 1.29 is 34.5 Å². The number of carboxylic acid groups (broad SMARTS) is 1. The first-order chi connectivity index (χ1) is 3.55. The molecule has 2 atom stereocenters. The van der Waals surface area contributed by atoms with Gasteiger partial charge in [-0.3, -0.25) is 4.79 Å². The van der Waals surface area contributed by atoms with Gasteiger partial charge in [0.1, 0.15) is 6.04 Å². The van der Waals surface area contributed by atoms with Crippen LogP contribution in [0, 0.1) is 0 Å². The molecule has 0 aliphatic rings. The van der Waals surface area contributed by atoms with Crippen LogP contribution in [-0.4, -0.2) is 28.3 Å². The number of nitrogens with two attached hydrogens (primary N) is 1. The first kappa shape index (κ1) is 11.8. The zero-order valence-electron chi connectivity index (χ0n) is 5.24. The van der Waals surface area contributed by atoms with Crippen LogP contribution in [0.15, 0.2) is 0 Å². The molecule has 0 aliphatic carbocycles. The van der Waals surface area contributed by atoms with Crippen molar-refractivity contribution >= 4 is 5.97 Å². The van der Waals surface area contributed by atoms with E-state index in [9.17, 15) is 4.79 Å². The Morgan fingerprint density at radius 1 is 1.67 bits per heavy atom. The van der Waals surface area contributed by atoms with Crippen LogP contribution >= 0.6 is 0 Å². The largest absolute Gasteiger partial charge is 0.480 e. The maximum absolute atomic E-state index is 9.86. The summed E-state index contributed by atoms with van der Waals surface area (Å²) >= 11 is 0. The maximum Gasteiger partial charge on any atom is 0.323 e. The number of carbonyl (C=O) groups is 1. The van der Waals surface area contributed by atoms with Gasteiger partial charge in [0.15, 0.2) is 0 Å². The fourth-order valence-electron chi connectivity index (χ4n) is 0.206. The molecule has 0 aromatic carbocycles. The van der Waals surface area contributed by atoms with Crippen molar-refractivity contribution in [2.75, 3.05) is 0 Å². The summed E-state index contributed by atoms with van der Waals surface area (Å²) in [5, 5.41) is 16.6.